The number of aromatic nitrogens is 2. The van der Waals surface area contributed by atoms with Crippen LogP contribution >= 0.6 is 27.3 Å². The maximum absolute atomic E-state index is 5.53. The van der Waals surface area contributed by atoms with Crippen LogP contribution in [0.5, 0.6) is 0 Å². The molecule has 0 bridgehead atoms. The molecule has 0 saturated heterocycles. The van der Waals surface area contributed by atoms with Crippen LogP contribution in [-0.4, -0.2) is 17.8 Å². The number of thiazole rings is 1. The zero-order chi connectivity index (χ0) is 8.72. The van der Waals surface area contributed by atoms with Gasteiger partial charge < -0.3 is 5.73 Å². The summed E-state index contributed by atoms with van der Waals surface area (Å²) in [7, 11) is 5.52. The van der Waals surface area contributed by atoms with E-state index in [1.807, 2.05) is 0 Å². The molecule has 2 N–H and O–H groups in total. The van der Waals surface area contributed by atoms with Crippen LogP contribution in [0, 0.1) is 0 Å². The Morgan fingerprint density at radius 3 is 3.00 bits per heavy atom. The number of hydrogen-bond acceptors (Lipinski definition) is 4. The largest absolute Gasteiger partial charge is 0.375 e. The summed E-state index contributed by atoms with van der Waals surface area (Å²) in [6.07, 6.45) is 0. The Kier molecular flexibility index (Phi) is 1.81. The first-order chi connectivity index (χ1) is 5.66. The Morgan fingerprint density at radius 2 is 2.25 bits per heavy atom. The summed E-state index contributed by atoms with van der Waals surface area (Å²) >= 11 is 4.67. The molecule has 2 radical (unpaired) electrons. The van der Waals surface area contributed by atoms with E-state index >= 15 is 0 Å². The van der Waals surface area contributed by atoms with E-state index in [0.717, 1.165) is 10.2 Å². The van der Waals surface area contributed by atoms with Gasteiger partial charge in [-0.2, -0.15) is 0 Å². The van der Waals surface area contributed by atoms with Crippen LogP contribution < -0.4 is 11.3 Å². The fourth-order valence-electron chi connectivity index (χ4n) is 0.931. The Labute approximate surface area is 82.6 Å². The molecule has 2 aromatic heterocycles. The molecule has 0 saturated carbocycles. The normalized spacial score (nSPS) is 10.8. The predicted octanol–water partition coefficient (Wildman–Crippen LogP) is 0.830. The fourth-order valence-corrected chi connectivity index (χ4v) is 2.27. The van der Waals surface area contributed by atoms with Crippen LogP contribution in [0.15, 0.2) is 10.7 Å². The minimum Gasteiger partial charge on any atom is -0.375 e. The molecule has 2 rings (SSSR count). The maximum atomic E-state index is 5.53. The van der Waals surface area contributed by atoms with Gasteiger partial charge in [-0.25, -0.2) is 4.98 Å². The van der Waals surface area contributed by atoms with Crippen molar-refractivity contribution in [2.45, 2.75) is 0 Å². The van der Waals surface area contributed by atoms with Gasteiger partial charge in [0, 0.05) is 0 Å². The van der Waals surface area contributed by atoms with E-state index in [1.54, 1.807) is 6.07 Å². The third-order valence-electron chi connectivity index (χ3n) is 1.37. The number of halogens is 1. The molecule has 6 heteroatoms. The third kappa shape index (κ3) is 1.21. The molecular weight excluding hydrogens is 237 g/mol. The van der Waals surface area contributed by atoms with Gasteiger partial charge in [0.25, 0.3) is 0 Å². The van der Waals surface area contributed by atoms with Crippen molar-refractivity contribution < 1.29 is 0 Å². The highest BCUT2D eigenvalue weighted by atomic mass is 79.9. The van der Waals surface area contributed by atoms with Gasteiger partial charge in [-0.3, -0.25) is 4.98 Å². The Bertz CT molecular complexity index is 442. The lowest BCUT2D eigenvalue weighted by atomic mass is 10.0. The summed E-state index contributed by atoms with van der Waals surface area (Å²) in [5.41, 5.74) is 6.76. The van der Waals surface area contributed by atoms with Crippen LogP contribution in [0.4, 0.5) is 5.13 Å². The highest BCUT2D eigenvalue weighted by molar-refractivity contribution is 9.10. The van der Waals surface area contributed by atoms with Crippen molar-refractivity contribution in [3.8, 4) is 0 Å². The third-order valence-corrected chi connectivity index (χ3v) is 3.11. The SMILES string of the molecule is [B]c1cc2nc(N)sc2c(Br)n1. The Morgan fingerprint density at radius 1 is 1.50 bits per heavy atom. The summed E-state index contributed by atoms with van der Waals surface area (Å²) in [6, 6.07) is 1.70. The second-order valence-electron chi connectivity index (χ2n) is 2.24. The molecule has 0 fully saturated rings. The first kappa shape index (κ1) is 8.00. The highest BCUT2D eigenvalue weighted by Gasteiger charge is 2.05. The molecule has 0 aliphatic heterocycles. The van der Waals surface area contributed by atoms with Crippen LogP contribution in [0.1, 0.15) is 0 Å². The molecule has 0 unspecified atom stereocenters. The summed E-state index contributed by atoms with van der Waals surface area (Å²) in [6.45, 7) is 0. The number of rotatable bonds is 0. The van der Waals surface area contributed by atoms with Gasteiger partial charge >= 0.3 is 0 Å². The van der Waals surface area contributed by atoms with E-state index in [9.17, 15) is 0 Å². The van der Waals surface area contributed by atoms with Gasteiger partial charge in [-0.15, -0.1) is 0 Å². The van der Waals surface area contributed by atoms with Crippen molar-refractivity contribution in [3.63, 3.8) is 0 Å². The van der Waals surface area contributed by atoms with Crippen molar-refractivity contribution >= 4 is 56.1 Å². The number of nitrogens with zero attached hydrogens (tertiary/aromatic N) is 2. The number of nitrogen functional groups attached to an aromatic ring is 1. The van der Waals surface area contributed by atoms with E-state index in [0.29, 0.717) is 15.3 Å². The van der Waals surface area contributed by atoms with Crippen molar-refractivity contribution in [2.75, 3.05) is 5.73 Å². The highest BCUT2D eigenvalue weighted by Crippen LogP contribution is 2.27. The average Bonchev–Trinajstić information content (AvgIpc) is 2.29. The Hall–Kier alpha value is -0.615. The van der Waals surface area contributed by atoms with Crippen LogP contribution in [-0.2, 0) is 0 Å². The molecule has 0 aromatic carbocycles. The first-order valence-corrected chi connectivity index (χ1v) is 4.76. The Balaban J connectivity index is 2.88. The summed E-state index contributed by atoms with van der Waals surface area (Å²) < 4.78 is 1.63. The lowest BCUT2D eigenvalue weighted by Crippen LogP contribution is -2.07. The number of anilines is 1. The monoisotopic (exact) mass is 239 g/mol. The van der Waals surface area contributed by atoms with Gasteiger partial charge in [0.2, 0.25) is 0 Å². The van der Waals surface area contributed by atoms with E-state index in [2.05, 4.69) is 25.9 Å². The average molecular weight is 240 g/mol. The predicted molar refractivity (Wildman–Crippen MR) is 54.9 cm³/mol. The summed E-state index contributed by atoms with van der Waals surface area (Å²) in [5.74, 6) is 0. The second-order valence-corrected chi connectivity index (χ2v) is 4.02. The lowest BCUT2D eigenvalue weighted by molar-refractivity contribution is 1.37. The first-order valence-electron chi connectivity index (χ1n) is 3.15. The molecule has 3 nitrogen and oxygen atoms in total. The van der Waals surface area contributed by atoms with Gasteiger partial charge in [0.1, 0.15) is 12.4 Å². The summed E-state index contributed by atoms with van der Waals surface area (Å²) in [5, 5.41) is 0.526. The van der Waals surface area contributed by atoms with E-state index in [4.69, 9.17) is 13.6 Å². The zero-order valence-electron chi connectivity index (χ0n) is 5.91. The van der Waals surface area contributed by atoms with Gasteiger partial charge in [-0.1, -0.05) is 11.3 Å². The standard InChI is InChI=1S/C6H3BBrN3S/c7-3-1-2-4(5(8)11-3)12-6(9)10-2/h1H,(H2,9,10). The minimum atomic E-state index is 0.444. The van der Waals surface area contributed by atoms with Gasteiger partial charge in [0.15, 0.2) is 5.13 Å². The van der Waals surface area contributed by atoms with Crippen molar-refractivity contribution in [2.24, 2.45) is 0 Å². The molecular formula is C6H3BBrN3S. The van der Waals surface area contributed by atoms with Gasteiger partial charge in [-0.05, 0) is 27.6 Å². The summed E-state index contributed by atoms with van der Waals surface area (Å²) in [4.78, 5) is 8.11. The van der Waals surface area contributed by atoms with Crippen LogP contribution in [0.2, 0.25) is 0 Å². The van der Waals surface area contributed by atoms with Crippen LogP contribution in [0.3, 0.4) is 0 Å². The quantitative estimate of drug-likeness (QED) is 0.548. The van der Waals surface area contributed by atoms with Crippen molar-refractivity contribution in [3.05, 3.63) is 10.7 Å². The fraction of sp³-hybridized carbons (Fsp3) is 0. The van der Waals surface area contributed by atoms with Gasteiger partial charge in [0.05, 0.1) is 10.2 Å². The molecule has 0 aliphatic rings. The molecule has 0 amide bonds. The smallest absolute Gasteiger partial charge is 0.181 e. The molecule has 12 heavy (non-hydrogen) atoms. The lowest BCUT2D eigenvalue weighted by Gasteiger charge is -1.93. The molecule has 2 heterocycles. The molecule has 0 aliphatic carbocycles. The molecule has 0 spiro atoms. The molecule has 2 aromatic rings. The number of nitrogens with two attached hydrogens (primary N) is 1. The van der Waals surface area contributed by atoms with E-state index in [-0.39, 0.29) is 0 Å². The zero-order valence-corrected chi connectivity index (χ0v) is 8.32. The maximum Gasteiger partial charge on any atom is 0.181 e. The van der Waals surface area contributed by atoms with Crippen molar-refractivity contribution in [1.29, 1.82) is 0 Å². The second kappa shape index (κ2) is 2.71. The van der Waals surface area contributed by atoms with E-state index in [1.165, 1.54) is 11.3 Å². The van der Waals surface area contributed by atoms with Crippen LogP contribution in [0.25, 0.3) is 10.2 Å². The number of pyridine rings is 1. The topological polar surface area (TPSA) is 51.8 Å². The molecule has 0 atom stereocenters. The molecule has 58 valence electrons. The number of fused-ring (bicyclic) bond motifs is 1. The van der Waals surface area contributed by atoms with E-state index < -0.39 is 0 Å². The minimum absolute atomic E-state index is 0.444. The number of hydrogen-bond donors (Lipinski definition) is 1. The van der Waals surface area contributed by atoms with Crippen molar-refractivity contribution in [1.82, 2.24) is 9.97 Å².